The van der Waals surface area contributed by atoms with Gasteiger partial charge in [0.2, 0.25) is 5.88 Å². The van der Waals surface area contributed by atoms with Gasteiger partial charge in [-0.1, -0.05) is 6.07 Å². The number of nitrogens with zero attached hydrogens (tertiary/aromatic N) is 3. The summed E-state index contributed by atoms with van der Waals surface area (Å²) in [7, 11) is 1.57. The number of nitrogens with one attached hydrogen (secondary N) is 1. The van der Waals surface area contributed by atoms with E-state index in [0.717, 1.165) is 24.1 Å². The third kappa shape index (κ3) is 3.42. The molecular formula is C18H24N4O2. The second-order valence-corrected chi connectivity index (χ2v) is 7.17. The average molecular weight is 328 g/mol. The molecule has 0 saturated heterocycles. The summed E-state index contributed by atoms with van der Waals surface area (Å²) in [6.07, 6.45) is 3.99. The molecule has 3 rings (SSSR count). The Bertz CT molecular complexity index is 742. The molecule has 0 atom stereocenters. The molecule has 24 heavy (non-hydrogen) atoms. The molecule has 1 aliphatic carbocycles. The van der Waals surface area contributed by atoms with E-state index in [1.54, 1.807) is 13.3 Å². The fraction of sp³-hybridized carbons (Fsp3) is 0.500. The van der Waals surface area contributed by atoms with Crippen LogP contribution in [0.4, 0.5) is 0 Å². The molecule has 1 fully saturated rings. The van der Waals surface area contributed by atoms with Crippen molar-refractivity contribution in [1.29, 1.82) is 0 Å². The first-order chi connectivity index (χ1) is 11.4. The van der Waals surface area contributed by atoms with Crippen molar-refractivity contribution in [2.75, 3.05) is 7.11 Å². The van der Waals surface area contributed by atoms with Crippen molar-refractivity contribution in [2.24, 2.45) is 0 Å². The normalized spacial score (nSPS) is 14.5. The summed E-state index contributed by atoms with van der Waals surface area (Å²) in [5, 5.41) is 7.63. The molecule has 2 aromatic heterocycles. The van der Waals surface area contributed by atoms with Gasteiger partial charge in [0.1, 0.15) is 5.69 Å². The topological polar surface area (TPSA) is 69.0 Å². The van der Waals surface area contributed by atoms with Crippen molar-refractivity contribution in [2.45, 2.75) is 51.6 Å². The third-order valence-electron chi connectivity index (χ3n) is 4.07. The van der Waals surface area contributed by atoms with Crippen molar-refractivity contribution >= 4 is 5.91 Å². The van der Waals surface area contributed by atoms with Gasteiger partial charge in [0.05, 0.1) is 18.3 Å². The van der Waals surface area contributed by atoms with Gasteiger partial charge < -0.3 is 10.1 Å². The number of carbonyl (C=O) groups is 1. The van der Waals surface area contributed by atoms with Crippen LogP contribution >= 0.6 is 0 Å². The molecule has 1 amide bonds. The molecule has 0 unspecified atom stereocenters. The van der Waals surface area contributed by atoms with Crippen LogP contribution in [0.3, 0.4) is 0 Å². The summed E-state index contributed by atoms with van der Waals surface area (Å²) in [5.41, 5.74) is 2.23. The predicted octanol–water partition coefficient (Wildman–Crippen LogP) is 2.85. The highest BCUT2D eigenvalue weighted by molar-refractivity contribution is 5.92. The molecule has 0 bridgehead atoms. The number of carbonyl (C=O) groups excluding carboxylic acids is 1. The second kappa shape index (κ2) is 6.26. The number of methoxy groups -OCH3 is 1. The first-order valence-electron chi connectivity index (χ1n) is 8.26. The first-order valence-corrected chi connectivity index (χ1v) is 8.26. The number of hydrogen-bond donors (Lipinski definition) is 1. The molecule has 1 saturated carbocycles. The van der Waals surface area contributed by atoms with Crippen LogP contribution in [0, 0.1) is 0 Å². The highest BCUT2D eigenvalue weighted by Gasteiger charge is 2.31. The maximum atomic E-state index is 12.7. The fourth-order valence-corrected chi connectivity index (χ4v) is 2.66. The summed E-state index contributed by atoms with van der Waals surface area (Å²) in [6, 6.07) is 5.65. The van der Waals surface area contributed by atoms with Crippen LogP contribution in [0.2, 0.25) is 0 Å². The number of pyridine rings is 1. The minimum atomic E-state index is -0.244. The van der Waals surface area contributed by atoms with Gasteiger partial charge in [-0.25, -0.2) is 4.98 Å². The third-order valence-corrected chi connectivity index (χ3v) is 4.07. The predicted molar refractivity (Wildman–Crippen MR) is 91.2 cm³/mol. The fourth-order valence-electron chi connectivity index (χ4n) is 2.66. The van der Waals surface area contributed by atoms with Crippen LogP contribution < -0.4 is 10.1 Å². The van der Waals surface area contributed by atoms with E-state index in [-0.39, 0.29) is 11.4 Å². The summed E-state index contributed by atoms with van der Waals surface area (Å²) in [5.74, 6) is 0.912. The van der Waals surface area contributed by atoms with Crippen LogP contribution in [-0.4, -0.2) is 27.8 Å². The lowest BCUT2D eigenvalue weighted by atomic mass is 10.1. The smallest absolute Gasteiger partial charge is 0.269 e. The van der Waals surface area contributed by atoms with Crippen LogP contribution in [0.1, 0.15) is 61.3 Å². The van der Waals surface area contributed by atoms with Gasteiger partial charge in [0.15, 0.2) is 0 Å². The summed E-state index contributed by atoms with van der Waals surface area (Å²) >= 11 is 0. The lowest BCUT2D eigenvalue weighted by Gasteiger charge is -2.22. The van der Waals surface area contributed by atoms with Crippen LogP contribution in [0.15, 0.2) is 24.4 Å². The van der Waals surface area contributed by atoms with E-state index in [4.69, 9.17) is 4.74 Å². The standard InChI is InChI=1S/C18H24N4O2/c1-18(2,3)22-15(10-14(21-22)12-7-8-12)16(23)20-11-13-6-5-9-19-17(13)24-4/h5-6,9-10,12H,7-8,11H2,1-4H3,(H,20,23). The molecule has 0 spiro atoms. The zero-order chi connectivity index (χ0) is 17.3. The number of ether oxygens (including phenoxy) is 1. The van der Waals surface area contributed by atoms with E-state index in [2.05, 4.69) is 36.2 Å². The lowest BCUT2D eigenvalue weighted by Crippen LogP contribution is -2.32. The summed E-state index contributed by atoms with van der Waals surface area (Å²) in [4.78, 5) is 16.9. The van der Waals surface area contributed by atoms with Gasteiger partial charge in [-0.3, -0.25) is 9.48 Å². The van der Waals surface area contributed by atoms with Crippen molar-refractivity contribution in [3.05, 3.63) is 41.3 Å². The zero-order valence-corrected chi connectivity index (χ0v) is 14.7. The molecule has 128 valence electrons. The van der Waals surface area contributed by atoms with E-state index in [0.29, 0.717) is 24.0 Å². The van der Waals surface area contributed by atoms with E-state index in [1.165, 1.54) is 0 Å². The molecule has 0 aromatic carbocycles. The average Bonchev–Trinajstić information content (AvgIpc) is 3.29. The Kier molecular flexibility index (Phi) is 4.30. The molecule has 6 nitrogen and oxygen atoms in total. The van der Waals surface area contributed by atoms with E-state index in [9.17, 15) is 4.79 Å². The quantitative estimate of drug-likeness (QED) is 0.916. The SMILES string of the molecule is COc1ncccc1CNC(=O)c1cc(C2CC2)nn1C(C)(C)C. The maximum absolute atomic E-state index is 12.7. The Morgan fingerprint density at radius 3 is 2.79 bits per heavy atom. The minimum absolute atomic E-state index is 0.129. The molecule has 0 aliphatic heterocycles. The Morgan fingerprint density at radius 2 is 2.17 bits per heavy atom. The molecular weight excluding hydrogens is 304 g/mol. The van der Waals surface area contributed by atoms with E-state index < -0.39 is 0 Å². The van der Waals surface area contributed by atoms with Gasteiger partial charge in [-0.2, -0.15) is 5.10 Å². The maximum Gasteiger partial charge on any atom is 0.269 e. The number of hydrogen-bond acceptors (Lipinski definition) is 4. The number of aromatic nitrogens is 3. The highest BCUT2D eigenvalue weighted by atomic mass is 16.5. The highest BCUT2D eigenvalue weighted by Crippen LogP contribution is 2.40. The lowest BCUT2D eigenvalue weighted by molar-refractivity contribution is 0.0932. The first kappa shape index (κ1) is 16.5. The van der Waals surface area contributed by atoms with Gasteiger partial charge in [-0.05, 0) is 45.7 Å². The summed E-state index contributed by atoms with van der Waals surface area (Å²) in [6.45, 7) is 6.52. The Morgan fingerprint density at radius 1 is 1.42 bits per heavy atom. The Hall–Kier alpha value is -2.37. The van der Waals surface area contributed by atoms with Crippen LogP contribution in [-0.2, 0) is 12.1 Å². The second-order valence-electron chi connectivity index (χ2n) is 7.17. The van der Waals surface area contributed by atoms with Crippen LogP contribution in [0.25, 0.3) is 0 Å². The van der Waals surface area contributed by atoms with Crippen molar-refractivity contribution in [3.63, 3.8) is 0 Å². The van der Waals surface area contributed by atoms with Crippen molar-refractivity contribution in [1.82, 2.24) is 20.1 Å². The van der Waals surface area contributed by atoms with Crippen molar-refractivity contribution < 1.29 is 9.53 Å². The molecule has 6 heteroatoms. The van der Waals surface area contributed by atoms with Gasteiger partial charge >= 0.3 is 0 Å². The van der Waals surface area contributed by atoms with Gasteiger partial charge in [0, 0.05) is 24.2 Å². The minimum Gasteiger partial charge on any atom is -0.481 e. The van der Waals surface area contributed by atoms with E-state index >= 15 is 0 Å². The van der Waals surface area contributed by atoms with E-state index in [1.807, 2.05) is 22.9 Å². The summed E-state index contributed by atoms with van der Waals surface area (Å²) < 4.78 is 7.06. The monoisotopic (exact) mass is 328 g/mol. The Labute approximate surface area is 142 Å². The largest absolute Gasteiger partial charge is 0.481 e. The number of amides is 1. The van der Waals surface area contributed by atoms with Crippen LogP contribution in [0.5, 0.6) is 5.88 Å². The molecule has 2 heterocycles. The van der Waals surface area contributed by atoms with Gasteiger partial charge in [0.25, 0.3) is 5.91 Å². The molecule has 2 aromatic rings. The number of rotatable bonds is 5. The Balaban J connectivity index is 1.79. The molecule has 1 N–H and O–H groups in total. The molecule has 1 aliphatic rings. The van der Waals surface area contributed by atoms with Gasteiger partial charge in [-0.15, -0.1) is 0 Å². The van der Waals surface area contributed by atoms with Crippen molar-refractivity contribution in [3.8, 4) is 5.88 Å². The molecule has 0 radical (unpaired) electrons. The zero-order valence-electron chi connectivity index (χ0n) is 14.7.